The van der Waals surface area contributed by atoms with Gasteiger partial charge in [-0.25, -0.2) is 0 Å². The topological polar surface area (TPSA) is 107 Å². The summed E-state index contributed by atoms with van der Waals surface area (Å²) in [6.07, 6.45) is 0. The number of hydrogen-bond acceptors (Lipinski definition) is 7. The van der Waals surface area contributed by atoms with Crippen LogP contribution in [0.4, 0.5) is 5.69 Å². The van der Waals surface area contributed by atoms with Crippen LogP contribution in [0.1, 0.15) is 18.2 Å². The van der Waals surface area contributed by atoms with Gasteiger partial charge in [0.1, 0.15) is 16.9 Å². The number of esters is 1. The summed E-state index contributed by atoms with van der Waals surface area (Å²) in [5.41, 5.74) is 1.70. The van der Waals surface area contributed by atoms with E-state index >= 15 is 0 Å². The molecular weight excluding hydrogens is 390 g/mol. The number of carbonyl (C=O) groups is 1. The zero-order valence-corrected chi connectivity index (χ0v) is 17.4. The van der Waals surface area contributed by atoms with Gasteiger partial charge in [0.15, 0.2) is 5.75 Å². The van der Waals surface area contributed by atoms with Crippen LogP contribution in [0.15, 0.2) is 30.3 Å². The van der Waals surface area contributed by atoms with Crippen molar-refractivity contribution in [3.05, 3.63) is 51.7 Å². The maximum atomic E-state index is 12.0. The number of phenols is 1. The van der Waals surface area contributed by atoms with Crippen LogP contribution in [0, 0.1) is 17.0 Å². The molecular formula is C21H23N3O6. The van der Waals surface area contributed by atoms with Crippen molar-refractivity contribution in [3.8, 4) is 22.9 Å². The van der Waals surface area contributed by atoms with Crippen molar-refractivity contribution >= 4 is 22.6 Å². The molecule has 0 aliphatic rings. The van der Waals surface area contributed by atoms with Crippen LogP contribution in [-0.4, -0.2) is 46.7 Å². The number of fused-ring (bicyclic) bond motifs is 1. The van der Waals surface area contributed by atoms with Crippen LogP contribution in [0.25, 0.3) is 16.6 Å². The van der Waals surface area contributed by atoms with Crippen LogP contribution >= 0.6 is 0 Å². The molecule has 0 spiro atoms. The summed E-state index contributed by atoms with van der Waals surface area (Å²) in [6, 6.07) is 8.28. The van der Waals surface area contributed by atoms with E-state index in [1.165, 1.54) is 13.0 Å². The van der Waals surface area contributed by atoms with Gasteiger partial charge in [-0.05, 0) is 45.3 Å². The zero-order chi connectivity index (χ0) is 22.2. The number of methoxy groups -OCH3 is 1. The van der Waals surface area contributed by atoms with Crippen molar-refractivity contribution in [2.75, 3.05) is 21.2 Å². The van der Waals surface area contributed by atoms with Gasteiger partial charge in [-0.1, -0.05) is 0 Å². The number of nitro groups is 1. The minimum atomic E-state index is -0.639. The molecule has 0 radical (unpaired) electrons. The fourth-order valence-corrected chi connectivity index (χ4v) is 3.59. The molecule has 0 bridgehead atoms. The molecule has 30 heavy (non-hydrogen) atoms. The van der Waals surface area contributed by atoms with E-state index in [1.54, 1.807) is 42.9 Å². The molecule has 3 rings (SSSR count). The Balaban J connectivity index is 2.50. The fourth-order valence-electron chi connectivity index (χ4n) is 3.59. The molecule has 0 amide bonds. The third-order valence-electron chi connectivity index (χ3n) is 4.73. The molecule has 0 aliphatic carbocycles. The summed E-state index contributed by atoms with van der Waals surface area (Å²) < 4.78 is 12.1. The molecule has 9 heteroatoms. The maximum Gasteiger partial charge on any atom is 0.308 e. The molecule has 1 aromatic heterocycles. The van der Waals surface area contributed by atoms with E-state index in [2.05, 4.69) is 0 Å². The van der Waals surface area contributed by atoms with Gasteiger partial charge >= 0.3 is 11.7 Å². The van der Waals surface area contributed by atoms with E-state index in [4.69, 9.17) is 9.47 Å². The van der Waals surface area contributed by atoms with E-state index < -0.39 is 10.9 Å². The SMILES string of the molecule is COc1ccc(-n2c(C)c([N+](=O)[O-])c3c(OC(C)=O)cc(O)c(CN(C)C)c32)cc1. The molecule has 1 heterocycles. The summed E-state index contributed by atoms with van der Waals surface area (Å²) in [7, 11) is 5.20. The van der Waals surface area contributed by atoms with Gasteiger partial charge < -0.3 is 24.0 Å². The molecule has 2 aromatic carbocycles. The first kappa shape index (κ1) is 21.1. The average molecular weight is 413 g/mol. The third-order valence-corrected chi connectivity index (χ3v) is 4.73. The van der Waals surface area contributed by atoms with E-state index in [1.807, 2.05) is 19.0 Å². The molecule has 158 valence electrons. The van der Waals surface area contributed by atoms with Crippen LogP contribution in [0.2, 0.25) is 0 Å². The Bertz CT molecular complexity index is 1130. The lowest BCUT2D eigenvalue weighted by atomic mass is 10.1. The summed E-state index contributed by atoms with van der Waals surface area (Å²) in [5.74, 6) is -0.172. The second-order valence-electron chi connectivity index (χ2n) is 7.15. The van der Waals surface area contributed by atoms with Crippen LogP contribution in [-0.2, 0) is 11.3 Å². The number of phenolic OH excluding ortho intramolecular Hbond substituents is 1. The minimum Gasteiger partial charge on any atom is -0.507 e. The fraction of sp³-hybridized carbons (Fsp3) is 0.286. The standard InChI is InChI=1S/C21H23N3O6/c1-12-20(24(27)28)19-18(30-13(2)25)10-17(26)16(11-22(3)4)21(19)23(12)14-6-8-15(29-5)9-7-14/h6-10,26H,11H2,1-5H3. The zero-order valence-electron chi connectivity index (χ0n) is 17.4. The summed E-state index contributed by atoms with van der Waals surface area (Å²) in [5, 5.41) is 22.9. The quantitative estimate of drug-likeness (QED) is 0.285. The Hall–Kier alpha value is -3.59. The average Bonchev–Trinajstić information content (AvgIpc) is 2.97. The molecule has 0 saturated heterocycles. The van der Waals surface area contributed by atoms with Crippen LogP contribution < -0.4 is 9.47 Å². The number of benzene rings is 2. The van der Waals surface area contributed by atoms with Crippen LogP contribution in [0.5, 0.6) is 17.2 Å². The van der Waals surface area contributed by atoms with Crippen LogP contribution in [0.3, 0.4) is 0 Å². The predicted octanol–water partition coefficient (Wildman–Crippen LogP) is 3.55. The number of carbonyl (C=O) groups excluding carboxylic acids is 1. The number of hydrogen-bond donors (Lipinski definition) is 1. The largest absolute Gasteiger partial charge is 0.507 e. The number of rotatable bonds is 6. The monoisotopic (exact) mass is 413 g/mol. The highest BCUT2D eigenvalue weighted by molar-refractivity contribution is 6.02. The number of ether oxygens (including phenoxy) is 2. The Labute approximate surface area is 173 Å². The lowest BCUT2D eigenvalue weighted by molar-refractivity contribution is -0.383. The highest BCUT2D eigenvalue weighted by atomic mass is 16.6. The third kappa shape index (κ3) is 3.67. The Morgan fingerprint density at radius 2 is 1.90 bits per heavy atom. The predicted molar refractivity (Wildman–Crippen MR) is 112 cm³/mol. The first-order chi connectivity index (χ1) is 14.1. The van der Waals surface area contributed by atoms with Crippen molar-refractivity contribution in [3.63, 3.8) is 0 Å². The molecule has 0 atom stereocenters. The van der Waals surface area contributed by atoms with Gasteiger partial charge in [0, 0.05) is 30.8 Å². The number of aromatic hydroxyl groups is 1. The number of aromatic nitrogens is 1. The Morgan fingerprint density at radius 1 is 1.27 bits per heavy atom. The second-order valence-corrected chi connectivity index (χ2v) is 7.15. The van der Waals surface area contributed by atoms with Gasteiger partial charge in [0.2, 0.25) is 0 Å². The lowest BCUT2D eigenvalue weighted by Gasteiger charge is -2.17. The Kier molecular flexibility index (Phi) is 5.66. The molecule has 0 fully saturated rings. The van der Waals surface area contributed by atoms with Gasteiger partial charge in [-0.3, -0.25) is 14.9 Å². The van der Waals surface area contributed by atoms with E-state index in [0.29, 0.717) is 34.8 Å². The molecule has 0 aliphatic heterocycles. The van der Waals surface area contributed by atoms with Crippen molar-refractivity contribution < 1.29 is 24.3 Å². The normalized spacial score (nSPS) is 11.1. The highest BCUT2D eigenvalue weighted by Crippen LogP contribution is 2.45. The molecule has 3 aromatic rings. The van der Waals surface area contributed by atoms with Gasteiger partial charge in [0.05, 0.1) is 23.2 Å². The molecule has 0 unspecified atom stereocenters. The van der Waals surface area contributed by atoms with Gasteiger partial charge in [0.25, 0.3) is 0 Å². The first-order valence-corrected chi connectivity index (χ1v) is 9.17. The molecule has 1 N–H and O–H groups in total. The Morgan fingerprint density at radius 3 is 2.40 bits per heavy atom. The van der Waals surface area contributed by atoms with Crippen molar-refractivity contribution in [1.29, 1.82) is 0 Å². The van der Waals surface area contributed by atoms with E-state index in [-0.39, 0.29) is 22.6 Å². The van der Waals surface area contributed by atoms with Gasteiger partial charge in [-0.15, -0.1) is 0 Å². The molecule has 9 nitrogen and oxygen atoms in total. The summed E-state index contributed by atoms with van der Waals surface area (Å²) in [4.78, 5) is 25.0. The second kappa shape index (κ2) is 8.03. The van der Waals surface area contributed by atoms with Crippen molar-refractivity contribution in [1.82, 2.24) is 9.47 Å². The minimum absolute atomic E-state index is 0.0560. The van der Waals surface area contributed by atoms with E-state index in [9.17, 15) is 20.0 Å². The summed E-state index contributed by atoms with van der Waals surface area (Å²) in [6.45, 7) is 3.14. The summed E-state index contributed by atoms with van der Waals surface area (Å²) >= 11 is 0. The van der Waals surface area contributed by atoms with Crippen molar-refractivity contribution in [2.24, 2.45) is 0 Å². The lowest BCUT2D eigenvalue weighted by Crippen LogP contribution is -2.13. The highest BCUT2D eigenvalue weighted by Gasteiger charge is 2.31. The van der Waals surface area contributed by atoms with E-state index in [0.717, 1.165) is 0 Å². The van der Waals surface area contributed by atoms with Gasteiger partial charge in [-0.2, -0.15) is 0 Å². The first-order valence-electron chi connectivity index (χ1n) is 9.17. The van der Waals surface area contributed by atoms with Crippen molar-refractivity contribution in [2.45, 2.75) is 20.4 Å². The molecule has 0 saturated carbocycles. The smallest absolute Gasteiger partial charge is 0.308 e. The number of nitrogens with zero attached hydrogens (tertiary/aromatic N) is 3. The maximum absolute atomic E-state index is 12.0.